The van der Waals surface area contributed by atoms with E-state index in [4.69, 9.17) is 9.47 Å². The van der Waals surface area contributed by atoms with Crippen LogP contribution in [0.1, 0.15) is 43.5 Å². The molecular formula is C16H24O3. The maximum absolute atomic E-state index is 12.2. The van der Waals surface area contributed by atoms with Crippen molar-refractivity contribution in [2.45, 2.75) is 39.2 Å². The summed E-state index contributed by atoms with van der Waals surface area (Å²) in [6, 6.07) is 9.29. The molecule has 0 radical (unpaired) electrons. The fraction of sp³-hybridized carbons (Fsp3) is 0.562. The van der Waals surface area contributed by atoms with Crippen molar-refractivity contribution in [2.24, 2.45) is 0 Å². The van der Waals surface area contributed by atoms with Crippen molar-refractivity contribution >= 4 is 5.78 Å². The molecule has 0 aromatic heterocycles. The second-order valence-electron chi connectivity index (χ2n) is 4.46. The van der Waals surface area contributed by atoms with E-state index in [1.165, 1.54) is 0 Å². The summed E-state index contributed by atoms with van der Waals surface area (Å²) in [6.07, 6.45) is 2.52. The van der Waals surface area contributed by atoms with Crippen molar-refractivity contribution in [1.82, 2.24) is 0 Å². The molecule has 1 rings (SSSR count). The van der Waals surface area contributed by atoms with Crippen LogP contribution in [0.5, 0.6) is 0 Å². The largest absolute Gasteiger partial charge is 0.379 e. The van der Waals surface area contributed by atoms with Crippen LogP contribution in [0.2, 0.25) is 0 Å². The molecule has 0 fully saturated rings. The first-order chi connectivity index (χ1) is 9.29. The highest BCUT2D eigenvalue weighted by atomic mass is 16.5. The van der Waals surface area contributed by atoms with Gasteiger partial charge in [-0.05, 0) is 12.8 Å². The van der Waals surface area contributed by atoms with E-state index in [2.05, 4.69) is 6.92 Å². The van der Waals surface area contributed by atoms with Gasteiger partial charge >= 0.3 is 0 Å². The van der Waals surface area contributed by atoms with Crippen LogP contribution in [0.3, 0.4) is 0 Å². The van der Waals surface area contributed by atoms with Crippen molar-refractivity contribution in [3.05, 3.63) is 35.9 Å². The van der Waals surface area contributed by atoms with Crippen LogP contribution in [0.4, 0.5) is 0 Å². The molecule has 0 aliphatic heterocycles. The summed E-state index contributed by atoms with van der Waals surface area (Å²) in [7, 11) is 0. The Labute approximate surface area is 115 Å². The first-order valence-corrected chi connectivity index (χ1v) is 7.08. The number of unbranched alkanes of at least 4 members (excludes halogenated alkanes) is 1. The molecule has 0 N–H and O–H groups in total. The van der Waals surface area contributed by atoms with E-state index in [0.29, 0.717) is 25.2 Å². The van der Waals surface area contributed by atoms with E-state index < -0.39 is 0 Å². The minimum absolute atomic E-state index is 0.0525. The van der Waals surface area contributed by atoms with Crippen LogP contribution in [-0.2, 0) is 9.47 Å². The molecule has 0 aliphatic rings. The first kappa shape index (κ1) is 15.9. The Hall–Kier alpha value is -1.19. The number of ketones is 1. The van der Waals surface area contributed by atoms with Crippen LogP contribution < -0.4 is 0 Å². The highest BCUT2D eigenvalue weighted by Gasteiger charge is 2.18. The Morgan fingerprint density at radius 1 is 1.11 bits per heavy atom. The third-order valence-corrected chi connectivity index (χ3v) is 2.91. The van der Waals surface area contributed by atoms with Crippen molar-refractivity contribution in [3.8, 4) is 0 Å². The first-order valence-electron chi connectivity index (χ1n) is 7.08. The van der Waals surface area contributed by atoms with Gasteiger partial charge in [-0.1, -0.05) is 50.6 Å². The van der Waals surface area contributed by atoms with Crippen LogP contribution in [-0.4, -0.2) is 31.7 Å². The summed E-state index contributed by atoms with van der Waals surface area (Å²) in [5.41, 5.74) is 0.709. The highest BCUT2D eigenvalue weighted by Crippen LogP contribution is 2.09. The number of Topliss-reactive ketones (excluding diaryl/α,β-unsaturated/α-hetero) is 1. The molecule has 106 valence electrons. The smallest absolute Gasteiger partial charge is 0.191 e. The summed E-state index contributed by atoms with van der Waals surface area (Å²) < 4.78 is 11.0. The zero-order valence-corrected chi connectivity index (χ0v) is 11.9. The maximum Gasteiger partial charge on any atom is 0.191 e. The Morgan fingerprint density at radius 3 is 2.47 bits per heavy atom. The molecule has 0 heterocycles. The fourth-order valence-corrected chi connectivity index (χ4v) is 1.77. The van der Waals surface area contributed by atoms with Gasteiger partial charge in [0, 0.05) is 12.2 Å². The molecule has 0 spiro atoms. The zero-order chi connectivity index (χ0) is 13.9. The second-order valence-corrected chi connectivity index (χ2v) is 4.46. The minimum Gasteiger partial charge on any atom is -0.379 e. The lowest BCUT2D eigenvalue weighted by atomic mass is 10.0. The lowest BCUT2D eigenvalue weighted by molar-refractivity contribution is 0.00745. The summed E-state index contributed by atoms with van der Waals surface area (Å²) in [5, 5.41) is 0. The van der Waals surface area contributed by atoms with Crippen molar-refractivity contribution < 1.29 is 14.3 Å². The van der Waals surface area contributed by atoms with Crippen LogP contribution >= 0.6 is 0 Å². The molecule has 1 atom stereocenters. The van der Waals surface area contributed by atoms with E-state index in [9.17, 15) is 4.79 Å². The maximum atomic E-state index is 12.2. The summed E-state index contributed by atoms with van der Waals surface area (Å²) in [6.45, 7) is 5.89. The fourth-order valence-electron chi connectivity index (χ4n) is 1.77. The number of benzene rings is 1. The number of hydrogen-bond donors (Lipinski definition) is 0. The van der Waals surface area contributed by atoms with Crippen molar-refractivity contribution in [3.63, 3.8) is 0 Å². The zero-order valence-electron chi connectivity index (χ0n) is 11.9. The van der Waals surface area contributed by atoms with Crippen LogP contribution in [0.25, 0.3) is 0 Å². The highest BCUT2D eigenvalue weighted by molar-refractivity contribution is 5.99. The Bertz CT molecular complexity index is 348. The normalized spacial score (nSPS) is 12.3. The second kappa shape index (κ2) is 9.70. The van der Waals surface area contributed by atoms with Gasteiger partial charge < -0.3 is 9.47 Å². The Morgan fingerprint density at radius 2 is 1.84 bits per heavy atom. The molecule has 1 unspecified atom stereocenters. The predicted octanol–water partition coefficient (Wildman–Crippen LogP) is 3.48. The molecule has 0 aliphatic carbocycles. The summed E-state index contributed by atoms with van der Waals surface area (Å²) in [5.74, 6) is 0.0525. The monoisotopic (exact) mass is 264 g/mol. The van der Waals surface area contributed by atoms with Gasteiger partial charge in [-0.3, -0.25) is 4.79 Å². The van der Waals surface area contributed by atoms with Crippen molar-refractivity contribution in [2.75, 3.05) is 19.8 Å². The molecule has 1 aromatic rings. The summed E-state index contributed by atoms with van der Waals surface area (Å²) >= 11 is 0. The lowest BCUT2D eigenvalue weighted by Gasteiger charge is -2.15. The van der Waals surface area contributed by atoms with Gasteiger partial charge in [0.25, 0.3) is 0 Å². The SMILES string of the molecule is CCCCOCCOC(CC)C(=O)c1ccccc1. The number of rotatable bonds is 10. The molecule has 0 bridgehead atoms. The molecule has 0 amide bonds. The third kappa shape index (κ3) is 5.99. The summed E-state index contributed by atoms with van der Waals surface area (Å²) in [4.78, 5) is 12.2. The van der Waals surface area contributed by atoms with Gasteiger partial charge in [0.15, 0.2) is 5.78 Å². The van der Waals surface area contributed by atoms with E-state index in [0.717, 1.165) is 19.4 Å². The molecule has 1 aromatic carbocycles. The lowest BCUT2D eigenvalue weighted by Crippen LogP contribution is -2.25. The number of carbonyl (C=O) groups excluding carboxylic acids is 1. The van der Waals surface area contributed by atoms with Gasteiger partial charge in [-0.2, -0.15) is 0 Å². The van der Waals surface area contributed by atoms with E-state index in [-0.39, 0.29) is 11.9 Å². The average molecular weight is 264 g/mol. The van der Waals surface area contributed by atoms with Crippen LogP contribution in [0.15, 0.2) is 30.3 Å². The van der Waals surface area contributed by atoms with E-state index in [1.54, 1.807) is 0 Å². The molecule has 0 saturated heterocycles. The standard InChI is InChI=1S/C16H24O3/c1-3-5-11-18-12-13-19-15(4-2)16(17)14-9-7-6-8-10-14/h6-10,15H,3-5,11-13H2,1-2H3. The van der Waals surface area contributed by atoms with E-state index >= 15 is 0 Å². The Balaban J connectivity index is 2.31. The van der Waals surface area contributed by atoms with Gasteiger partial charge in [0.05, 0.1) is 13.2 Å². The quantitative estimate of drug-likeness (QED) is 0.479. The minimum atomic E-state index is -0.364. The van der Waals surface area contributed by atoms with Gasteiger partial charge in [-0.15, -0.1) is 0 Å². The number of carbonyl (C=O) groups is 1. The van der Waals surface area contributed by atoms with Gasteiger partial charge in [0.1, 0.15) is 6.10 Å². The van der Waals surface area contributed by atoms with Crippen LogP contribution in [0, 0.1) is 0 Å². The molecule has 3 nitrogen and oxygen atoms in total. The number of hydrogen-bond acceptors (Lipinski definition) is 3. The average Bonchev–Trinajstić information content (AvgIpc) is 2.47. The molecular weight excluding hydrogens is 240 g/mol. The van der Waals surface area contributed by atoms with Crippen molar-refractivity contribution in [1.29, 1.82) is 0 Å². The molecule has 19 heavy (non-hydrogen) atoms. The molecule has 0 saturated carbocycles. The third-order valence-electron chi connectivity index (χ3n) is 2.91. The topological polar surface area (TPSA) is 35.5 Å². The number of ether oxygens (including phenoxy) is 2. The predicted molar refractivity (Wildman–Crippen MR) is 76.5 cm³/mol. The van der Waals surface area contributed by atoms with Gasteiger partial charge in [-0.25, -0.2) is 0 Å². The van der Waals surface area contributed by atoms with E-state index in [1.807, 2.05) is 37.3 Å². The Kier molecular flexibility index (Phi) is 8.10. The van der Waals surface area contributed by atoms with Gasteiger partial charge in [0.2, 0.25) is 0 Å². The molecule has 3 heteroatoms.